The number of benzene rings is 1. The fourth-order valence-corrected chi connectivity index (χ4v) is 2.26. The third kappa shape index (κ3) is 6.93. The fourth-order valence-electron chi connectivity index (χ4n) is 1.72. The molecule has 0 bridgehead atoms. The second-order valence-corrected chi connectivity index (χ2v) is 5.62. The number of ether oxygens (including phenoxy) is 2. The maximum Gasteiger partial charge on any atom is 0.258 e. The average molecular weight is 359 g/mol. The summed E-state index contributed by atoms with van der Waals surface area (Å²) in [6.45, 7) is 3.02. The molecule has 0 fully saturated rings. The van der Waals surface area contributed by atoms with E-state index in [2.05, 4.69) is 28.2 Å². The highest BCUT2D eigenvalue weighted by atomic mass is 79.9. The first-order chi connectivity index (χ1) is 10.1. The van der Waals surface area contributed by atoms with E-state index in [4.69, 9.17) is 15.2 Å². The first-order valence-electron chi connectivity index (χ1n) is 6.99. The van der Waals surface area contributed by atoms with Crippen LogP contribution in [0, 0.1) is 0 Å². The van der Waals surface area contributed by atoms with Crippen LogP contribution in [-0.2, 0) is 16.0 Å². The lowest BCUT2D eigenvalue weighted by molar-refractivity contribution is -0.123. The van der Waals surface area contributed by atoms with E-state index in [-0.39, 0.29) is 18.6 Å². The van der Waals surface area contributed by atoms with Crippen LogP contribution in [0.15, 0.2) is 22.7 Å². The van der Waals surface area contributed by atoms with Crippen LogP contribution in [0.3, 0.4) is 0 Å². The Balaban J connectivity index is 2.47. The van der Waals surface area contributed by atoms with Crippen LogP contribution in [0.5, 0.6) is 5.75 Å². The molecule has 0 aliphatic heterocycles. The summed E-state index contributed by atoms with van der Waals surface area (Å²) in [5, 5.41) is 2.70. The second-order valence-electron chi connectivity index (χ2n) is 4.77. The van der Waals surface area contributed by atoms with Crippen molar-refractivity contribution in [2.45, 2.75) is 25.8 Å². The van der Waals surface area contributed by atoms with Gasteiger partial charge in [0.15, 0.2) is 6.61 Å². The summed E-state index contributed by atoms with van der Waals surface area (Å²) in [5.41, 5.74) is 7.09. The topological polar surface area (TPSA) is 73.6 Å². The van der Waals surface area contributed by atoms with Gasteiger partial charge in [-0.05, 0) is 46.5 Å². The van der Waals surface area contributed by atoms with Gasteiger partial charge in [0.25, 0.3) is 5.91 Å². The van der Waals surface area contributed by atoms with Crippen molar-refractivity contribution in [1.82, 2.24) is 5.32 Å². The molecule has 0 saturated heterocycles. The Morgan fingerprint density at radius 1 is 1.48 bits per heavy atom. The van der Waals surface area contributed by atoms with E-state index in [1.807, 2.05) is 18.2 Å². The quantitative estimate of drug-likeness (QED) is 0.661. The molecule has 118 valence electrons. The predicted octanol–water partition coefficient (Wildman–Crippen LogP) is 1.87. The van der Waals surface area contributed by atoms with Crippen molar-refractivity contribution >= 4 is 21.8 Å². The van der Waals surface area contributed by atoms with Crippen molar-refractivity contribution < 1.29 is 14.3 Å². The molecular formula is C15H23BrN2O3. The third-order valence-corrected chi connectivity index (χ3v) is 3.63. The van der Waals surface area contributed by atoms with Crippen LogP contribution >= 0.6 is 15.9 Å². The van der Waals surface area contributed by atoms with Gasteiger partial charge in [-0.1, -0.05) is 13.0 Å². The van der Waals surface area contributed by atoms with Crippen molar-refractivity contribution in [2.75, 3.05) is 26.9 Å². The summed E-state index contributed by atoms with van der Waals surface area (Å²) in [6.07, 6.45) is 1.77. The monoisotopic (exact) mass is 358 g/mol. The summed E-state index contributed by atoms with van der Waals surface area (Å²) in [7, 11) is 1.59. The first kappa shape index (κ1) is 17.9. The number of rotatable bonds is 9. The van der Waals surface area contributed by atoms with E-state index in [0.717, 1.165) is 22.9 Å². The van der Waals surface area contributed by atoms with Crippen molar-refractivity contribution in [1.29, 1.82) is 0 Å². The summed E-state index contributed by atoms with van der Waals surface area (Å²) in [5.74, 6) is 0.474. The van der Waals surface area contributed by atoms with Crippen LogP contribution in [0.2, 0.25) is 0 Å². The van der Waals surface area contributed by atoms with Gasteiger partial charge in [-0.3, -0.25) is 4.79 Å². The number of halogens is 1. The van der Waals surface area contributed by atoms with E-state index < -0.39 is 0 Å². The lowest BCUT2D eigenvalue weighted by Crippen LogP contribution is -2.31. The normalized spacial score (nSPS) is 12.0. The van der Waals surface area contributed by atoms with Gasteiger partial charge >= 0.3 is 0 Å². The minimum atomic E-state index is -0.170. The Labute approximate surface area is 134 Å². The molecule has 0 heterocycles. The lowest BCUT2D eigenvalue weighted by atomic mass is 10.0. The molecule has 1 aromatic rings. The van der Waals surface area contributed by atoms with Crippen LogP contribution in [0.4, 0.5) is 0 Å². The molecule has 0 saturated carbocycles. The Kier molecular flexibility index (Phi) is 8.34. The standard InChI is InChI=1S/C15H23BrN2O3/c1-3-12(17)8-11-4-5-14(13(16)9-11)21-10-15(19)18-6-7-20-2/h4-5,9,12H,3,6-8,10,17H2,1-2H3,(H,18,19). The molecule has 0 aliphatic carbocycles. The van der Waals surface area contributed by atoms with E-state index >= 15 is 0 Å². The van der Waals surface area contributed by atoms with Crippen molar-refractivity contribution in [3.8, 4) is 5.75 Å². The van der Waals surface area contributed by atoms with Gasteiger partial charge in [0, 0.05) is 19.7 Å². The Bertz CT molecular complexity index is 455. The number of nitrogens with two attached hydrogens (primary N) is 1. The minimum absolute atomic E-state index is 0.0177. The molecule has 1 atom stereocenters. The predicted molar refractivity (Wildman–Crippen MR) is 86.5 cm³/mol. The zero-order valence-corrected chi connectivity index (χ0v) is 14.1. The Morgan fingerprint density at radius 3 is 2.86 bits per heavy atom. The van der Waals surface area contributed by atoms with Crippen LogP contribution in [-0.4, -0.2) is 38.8 Å². The molecule has 3 N–H and O–H groups in total. The highest BCUT2D eigenvalue weighted by Crippen LogP contribution is 2.26. The summed E-state index contributed by atoms with van der Waals surface area (Å²) in [6, 6.07) is 5.96. The van der Waals surface area contributed by atoms with Crippen LogP contribution < -0.4 is 15.8 Å². The summed E-state index contributed by atoms with van der Waals surface area (Å²) >= 11 is 3.46. The van der Waals surface area contributed by atoms with Crippen LogP contribution in [0.25, 0.3) is 0 Å². The molecular weight excluding hydrogens is 336 g/mol. The highest BCUT2D eigenvalue weighted by molar-refractivity contribution is 9.10. The van der Waals surface area contributed by atoms with Crippen molar-refractivity contribution in [2.24, 2.45) is 5.73 Å². The molecule has 1 aromatic carbocycles. The van der Waals surface area contributed by atoms with Crippen molar-refractivity contribution in [3.05, 3.63) is 28.2 Å². The molecule has 1 unspecified atom stereocenters. The molecule has 0 radical (unpaired) electrons. The molecule has 0 spiro atoms. The second kappa shape index (κ2) is 9.76. The molecule has 1 amide bonds. The summed E-state index contributed by atoms with van der Waals surface area (Å²) < 4.78 is 11.2. The van der Waals surface area contributed by atoms with Gasteiger partial charge < -0.3 is 20.5 Å². The molecule has 0 aromatic heterocycles. The maximum atomic E-state index is 11.5. The largest absolute Gasteiger partial charge is 0.483 e. The zero-order chi connectivity index (χ0) is 15.7. The SMILES string of the molecule is CCC(N)Cc1ccc(OCC(=O)NCCOC)c(Br)c1. The van der Waals surface area contributed by atoms with Gasteiger partial charge in [0.05, 0.1) is 11.1 Å². The van der Waals surface area contributed by atoms with Crippen molar-refractivity contribution in [3.63, 3.8) is 0 Å². The van der Waals surface area contributed by atoms with Gasteiger partial charge in [0.2, 0.25) is 0 Å². The fraction of sp³-hybridized carbons (Fsp3) is 0.533. The van der Waals surface area contributed by atoms with Gasteiger partial charge in [-0.2, -0.15) is 0 Å². The maximum absolute atomic E-state index is 11.5. The van der Waals surface area contributed by atoms with E-state index in [1.54, 1.807) is 7.11 Å². The minimum Gasteiger partial charge on any atom is -0.483 e. The zero-order valence-electron chi connectivity index (χ0n) is 12.5. The van der Waals surface area contributed by atoms with Crippen LogP contribution in [0.1, 0.15) is 18.9 Å². The number of nitrogens with one attached hydrogen (secondary N) is 1. The lowest BCUT2D eigenvalue weighted by Gasteiger charge is -2.12. The van der Waals surface area contributed by atoms with E-state index in [9.17, 15) is 4.79 Å². The number of hydrogen-bond acceptors (Lipinski definition) is 4. The van der Waals surface area contributed by atoms with E-state index in [0.29, 0.717) is 18.9 Å². The number of carbonyl (C=O) groups is 1. The molecule has 5 nitrogen and oxygen atoms in total. The molecule has 21 heavy (non-hydrogen) atoms. The average Bonchev–Trinajstić information content (AvgIpc) is 2.46. The first-order valence-corrected chi connectivity index (χ1v) is 7.78. The number of hydrogen-bond donors (Lipinski definition) is 2. The Hall–Kier alpha value is -1.11. The highest BCUT2D eigenvalue weighted by Gasteiger charge is 2.08. The van der Waals surface area contributed by atoms with Gasteiger partial charge in [-0.15, -0.1) is 0 Å². The summed E-state index contributed by atoms with van der Waals surface area (Å²) in [4.78, 5) is 11.5. The number of amides is 1. The number of carbonyl (C=O) groups excluding carboxylic acids is 1. The molecule has 6 heteroatoms. The number of methoxy groups -OCH3 is 1. The third-order valence-electron chi connectivity index (χ3n) is 3.01. The molecule has 1 rings (SSSR count). The smallest absolute Gasteiger partial charge is 0.258 e. The van der Waals surface area contributed by atoms with Gasteiger partial charge in [0.1, 0.15) is 5.75 Å². The van der Waals surface area contributed by atoms with Gasteiger partial charge in [-0.25, -0.2) is 0 Å². The van der Waals surface area contributed by atoms with E-state index in [1.165, 1.54) is 0 Å². The molecule has 0 aliphatic rings. The Morgan fingerprint density at radius 2 is 2.24 bits per heavy atom.